The highest BCUT2D eigenvalue weighted by Crippen LogP contribution is 2.24. The maximum absolute atomic E-state index is 6.07. The first-order chi connectivity index (χ1) is 10.2. The van der Waals surface area contributed by atoms with Crippen LogP contribution in [-0.4, -0.2) is 21.1 Å². The molecule has 0 aliphatic rings. The van der Waals surface area contributed by atoms with Crippen LogP contribution in [0.5, 0.6) is 5.88 Å². The number of benzene rings is 1. The molecule has 2 aromatic heterocycles. The molecule has 0 bridgehead atoms. The Hall–Kier alpha value is -2.40. The molecular formula is C16H18N4O. The largest absolute Gasteiger partial charge is 0.478 e. The first-order valence-corrected chi connectivity index (χ1v) is 7.04. The number of nitrogens with two attached hydrogens (primary N) is 1. The van der Waals surface area contributed by atoms with Gasteiger partial charge in [0.25, 0.3) is 0 Å². The van der Waals surface area contributed by atoms with Crippen molar-refractivity contribution in [2.24, 2.45) is 5.73 Å². The molecule has 108 valence electrons. The van der Waals surface area contributed by atoms with E-state index in [2.05, 4.69) is 9.97 Å². The molecule has 0 amide bonds. The summed E-state index contributed by atoms with van der Waals surface area (Å²) in [6.45, 7) is 4.44. The number of nitrogens with zero attached hydrogens (tertiary/aromatic N) is 3. The summed E-state index contributed by atoms with van der Waals surface area (Å²) in [5.74, 6) is 1.38. The zero-order chi connectivity index (χ0) is 14.8. The molecule has 0 aliphatic carbocycles. The lowest BCUT2D eigenvalue weighted by atomic mass is 10.3. The Kier molecular flexibility index (Phi) is 3.58. The van der Waals surface area contributed by atoms with Gasteiger partial charge < -0.3 is 10.5 Å². The lowest BCUT2D eigenvalue weighted by Crippen LogP contribution is -2.12. The van der Waals surface area contributed by atoms with Crippen molar-refractivity contribution >= 4 is 11.2 Å². The standard InChI is InChI=1S/C16H18N4O/c1-3-21-14-10-9-13-16(19-14)20(15(18-13)11(2)17)12-7-5-4-6-8-12/h4-11H,3,17H2,1-2H3. The van der Waals surface area contributed by atoms with E-state index >= 15 is 0 Å². The first kappa shape index (κ1) is 13.6. The minimum Gasteiger partial charge on any atom is -0.478 e. The number of pyridine rings is 1. The summed E-state index contributed by atoms with van der Waals surface area (Å²) >= 11 is 0. The Morgan fingerprint density at radius 1 is 1.14 bits per heavy atom. The van der Waals surface area contributed by atoms with Crippen LogP contribution in [0.3, 0.4) is 0 Å². The van der Waals surface area contributed by atoms with Crippen molar-refractivity contribution in [1.29, 1.82) is 0 Å². The average molecular weight is 282 g/mol. The topological polar surface area (TPSA) is 66.0 Å². The SMILES string of the molecule is CCOc1ccc2nc(C(C)N)n(-c3ccccc3)c2n1. The molecule has 0 spiro atoms. The van der Waals surface area contributed by atoms with Gasteiger partial charge in [0.2, 0.25) is 5.88 Å². The van der Waals surface area contributed by atoms with Crippen molar-refractivity contribution in [2.75, 3.05) is 6.61 Å². The molecule has 3 rings (SSSR count). The van der Waals surface area contributed by atoms with Gasteiger partial charge in [-0.25, -0.2) is 4.98 Å². The third-order valence-corrected chi connectivity index (χ3v) is 3.22. The van der Waals surface area contributed by atoms with E-state index in [9.17, 15) is 0 Å². The number of para-hydroxylation sites is 1. The fourth-order valence-electron chi connectivity index (χ4n) is 2.32. The lowest BCUT2D eigenvalue weighted by molar-refractivity contribution is 0.328. The highest BCUT2D eigenvalue weighted by Gasteiger charge is 2.17. The van der Waals surface area contributed by atoms with E-state index in [1.165, 1.54) is 0 Å². The predicted octanol–water partition coefficient (Wildman–Crippen LogP) is 2.84. The number of rotatable bonds is 4. The maximum atomic E-state index is 6.07. The van der Waals surface area contributed by atoms with Crippen molar-refractivity contribution < 1.29 is 4.74 Å². The third-order valence-electron chi connectivity index (χ3n) is 3.22. The quantitative estimate of drug-likeness (QED) is 0.799. The summed E-state index contributed by atoms with van der Waals surface area (Å²) in [5.41, 5.74) is 8.64. The van der Waals surface area contributed by atoms with Crippen LogP contribution in [0.1, 0.15) is 25.7 Å². The number of ether oxygens (including phenoxy) is 1. The van der Waals surface area contributed by atoms with Crippen LogP contribution < -0.4 is 10.5 Å². The molecule has 0 saturated carbocycles. The minimum atomic E-state index is -0.185. The molecule has 5 heteroatoms. The molecule has 2 N–H and O–H groups in total. The van der Waals surface area contributed by atoms with Gasteiger partial charge >= 0.3 is 0 Å². The molecular weight excluding hydrogens is 264 g/mol. The van der Waals surface area contributed by atoms with E-state index in [4.69, 9.17) is 10.5 Å². The van der Waals surface area contributed by atoms with Gasteiger partial charge in [-0.1, -0.05) is 18.2 Å². The van der Waals surface area contributed by atoms with Gasteiger partial charge in [-0.15, -0.1) is 0 Å². The number of fused-ring (bicyclic) bond motifs is 1. The lowest BCUT2D eigenvalue weighted by Gasteiger charge is -2.11. The molecule has 1 atom stereocenters. The Morgan fingerprint density at radius 3 is 2.57 bits per heavy atom. The fourth-order valence-corrected chi connectivity index (χ4v) is 2.32. The van der Waals surface area contributed by atoms with Gasteiger partial charge in [0.1, 0.15) is 11.3 Å². The van der Waals surface area contributed by atoms with Crippen molar-refractivity contribution in [2.45, 2.75) is 19.9 Å². The molecule has 1 aromatic carbocycles. The Bertz CT molecular complexity index is 750. The summed E-state index contributed by atoms with van der Waals surface area (Å²) in [7, 11) is 0. The van der Waals surface area contributed by atoms with Crippen LogP contribution in [0.25, 0.3) is 16.9 Å². The van der Waals surface area contributed by atoms with Crippen LogP contribution in [0.4, 0.5) is 0 Å². The van der Waals surface area contributed by atoms with Gasteiger partial charge in [0.15, 0.2) is 5.65 Å². The Balaban J connectivity index is 2.27. The highest BCUT2D eigenvalue weighted by atomic mass is 16.5. The molecule has 3 aromatic rings. The third kappa shape index (κ3) is 2.48. The number of hydrogen-bond acceptors (Lipinski definition) is 4. The first-order valence-electron chi connectivity index (χ1n) is 7.04. The van der Waals surface area contributed by atoms with Crippen LogP contribution in [-0.2, 0) is 0 Å². The molecule has 0 fully saturated rings. The van der Waals surface area contributed by atoms with Crippen molar-refractivity contribution in [1.82, 2.24) is 14.5 Å². The monoisotopic (exact) mass is 282 g/mol. The molecule has 0 saturated heterocycles. The molecule has 5 nitrogen and oxygen atoms in total. The van der Waals surface area contributed by atoms with E-state index in [1.54, 1.807) is 0 Å². The molecule has 21 heavy (non-hydrogen) atoms. The number of aromatic nitrogens is 3. The summed E-state index contributed by atoms with van der Waals surface area (Å²) in [6.07, 6.45) is 0. The van der Waals surface area contributed by atoms with Gasteiger partial charge in [-0.3, -0.25) is 4.57 Å². The maximum Gasteiger partial charge on any atom is 0.215 e. The summed E-state index contributed by atoms with van der Waals surface area (Å²) in [4.78, 5) is 9.18. The van der Waals surface area contributed by atoms with Gasteiger partial charge in [-0.05, 0) is 32.0 Å². The molecule has 2 heterocycles. The summed E-state index contributed by atoms with van der Waals surface area (Å²) < 4.78 is 7.48. The van der Waals surface area contributed by atoms with Crippen molar-refractivity contribution in [3.05, 3.63) is 48.3 Å². The van der Waals surface area contributed by atoms with Crippen LogP contribution >= 0.6 is 0 Å². The van der Waals surface area contributed by atoms with Gasteiger partial charge in [-0.2, -0.15) is 4.98 Å². The average Bonchev–Trinajstić information content (AvgIpc) is 2.87. The van der Waals surface area contributed by atoms with E-state index < -0.39 is 0 Å². The van der Waals surface area contributed by atoms with Crippen molar-refractivity contribution in [3.8, 4) is 11.6 Å². The number of hydrogen-bond donors (Lipinski definition) is 1. The second kappa shape index (κ2) is 5.54. The van der Waals surface area contributed by atoms with E-state index in [0.29, 0.717) is 12.5 Å². The Labute approximate surface area is 123 Å². The number of imidazole rings is 1. The van der Waals surface area contributed by atoms with Crippen LogP contribution in [0, 0.1) is 0 Å². The van der Waals surface area contributed by atoms with Crippen LogP contribution in [0.15, 0.2) is 42.5 Å². The zero-order valence-electron chi connectivity index (χ0n) is 12.2. The van der Waals surface area contributed by atoms with E-state index in [0.717, 1.165) is 22.7 Å². The van der Waals surface area contributed by atoms with Crippen LogP contribution in [0.2, 0.25) is 0 Å². The molecule has 1 unspecified atom stereocenters. The van der Waals surface area contributed by atoms with Gasteiger partial charge in [0, 0.05) is 11.8 Å². The smallest absolute Gasteiger partial charge is 0.215 e. The fraction of sp³-hybridized carbons (Fsp3) is 0.250. The van der Waals surface area contributed by atoms with Crippen molar-refractivity contribution in [3.63, 3.8) is 0 Å². The normalized spacial score (nSPS) is 12.5. The van der Waals surface area contributed by atoms with E-state index in [-0.39, 0.29) is 6.04 Å². The van der Waals surface area contributed by atoms with Gasteiger partial charge in [0.05, 0.1) is 12.6 Å². The predicted molar refractivity (Wildman–Crippen MR) is 82.6 cm³/mol. The summed E-state index contributed by atoms with van der Waals surface area (Å²) in [6, 6.07) is 13.5. The summed E-state index contributed by atoms with van der Waals surface area (Å²) in [5, 5.41) is 0. The van der Waals surface area contributed by atoms with E-state index in [1.807, 2.05) is 60.9 Å². The molecule has 0 radical (unpaired) electrons. The zero-order valence-corrected chi connectivity index (χ0v) is 12.2. The minimum absolute atomic E-state index is 0.185. The highest BCUT2D eigenvalue weighted by molar-refractivity contribution is 5.75. The second-order valence-corrected chi connectivity index (χ2v) is 4.85. The Morgan fingerprint density at radius 2 is 1.90 bits per heavy atom. The molecule has 0 aliphatic heterocycles. The second-order valence-electron chi connectivity index (χ2n) is 4.85.